The van der Waals surface area contributed by atoms with Crippen LogP contribution in [0.4, 0.5) is 0 Å². The number of halogens is 1. The van der Waals surface area contributed by atoms with Crippen LogP contribution in [0.1, 0.15) is 5.89 Å². The summed E-state index contributed by atoms with van der Waals surface area (Å²) in [6.07, 6.45) is 0.370. The monoisotopic (exact) mass is 336 g/mol. The summed E-state index contributed by atoms with van der Waals surface area (Å²) >= 11 is 5.81. The molecule has 114 valence electrons. The van der Waals surface area contributed by atoms with Gasteiger partial charge in [-0.05, 0) is 30.3 Å². The van der Waals surface area contributed by atoms with Crippen LogP contribution >= 0.6 is 11.6 Å². The third-order valence-corrected chi connectivity index (χ3v) is 4.77. The largest absolute Gasteiger partial charge is 0.441 e. The first kappa shape index (κ1) is 15.0. The Balaban J connectivity index is 1.67. The highest BCUT2D eigenvalue weighted by molar-refractivity contribution is 7.89. The van der Waals surface area contributed by atoms with E-state index in [1.54, 1.807) is 12.1 Å². The summed E-state index contributed by atoms with van der Waals surface area (Å²) in [6.45, 7) is 0.196. The molecule has 0 unspecified atom stereocenters. The van der Waals surface area contributed by atoms with Gasteiger partial charge in [-0.2, -0.15) is 0 Å². The summed E-state index contributed by atoms with van der Waals surface area (Å²) in [5.74, 6) is 0.495. The molecule has 0 aliphatic heterocycles. The van der Waals surface area contributed by atoms with Crippen LogP contribution in [0.2, 0.25) is 5.02 Å². The van der Waals surface area contributed by atoms with Crippen LogP contribution in [0.15, 0.2) is 57.8 Å². The Hall–Kier alpha value is -1.89. The maximum atomic E-state index is 12.1. The number of para-hydroxylation sites is 2. The Morgan fingerprint density at radius 3 is 2.73 bits per heavy atom. The van der Waals surface area contributed by atoms with Crippen LogP contribution < -0.4 is 4.72 Å². The van der Waals surface area contributed by atoms with Gasteiger partial charge >= 0.3 is 0 Å². The van der Waals surface area contributed by atoms with E-state index in [0.717, 1.165) is 5.52 Å². The molecule has 1 N–H and O–H groups in total. The lowest BCUT2D eigenvalue weighted by atomic mass is 10.3. The van der Waals surface area contributed by atoms with Gasteiger partial charge < -0.3 is 4.42 Å². The zero-order valence-corrected chi connectivity index (χ0v) is 13.1. The number of nitrogens with one attached hydrogen (secondary N) is 1. The van der Waals surface area contributed by atoms with E-state index in [1.165, 1.54) is 12.1 Å². The third kappa shape index (κ3) is 3.30. The molecule has 0 fully saturated rings. The standard InChI is InChI=1S/C15H13ClN2O3S/c16-11-4-3-5-12(10-11)22(19,20)17-9-8-15-18-13-6-1-2-7-14(13)21-15/h1-7,10,17H,8-9H2. The zero-order chi connectivity index (χ0) is 15.6. The fourth-order valence-electron chi connectivity index (χ4n) is 2.04. The number of hydrogen-bond acceptors (Lipinski definition) is 4. The molecule has 0 saturated carbocycles. The van der Waals surface area contributed by atoms with Crippen molar-refractivity contribution in [3.8, 4) is 0 Å². The van der Waals surface area contributed by atoms with Gasteiger partial charge in [-0.25, -0.2) is 18.1 Å². The van der Waals surface area contributed by atoms with Gasteiger partial charge in [-0.1, -0.05) is 29.8 Å². The smallest absolute Gasteiger partial charge is 0.240 e. The van der Waals surface area contributed by atoms with E-state index in [1.807, 2.05) is 24.3 Å². The molecule has 3 rings (SSSR count). The first-order valence-electron chi connectivity index (χ1n) is 6.64. The Bertz CT molecular complexity index is 873. The summed E-state index contributed by atoms with van der Waals surface area (Å²) in [7, 11) is -3.59. The molecule has 3 aromatic rings. The van der Waals surface area contributed by atoms with Crippen molar-refractivity contribution in [2.24, 2.45) is 0 Å². The number of sulfonamides is 1. The Kier molecular flexibility index (Phi) is 4.15. The van der Waals surface area contributed by atoms with Gasteiger partial charge in [-0.15, -0.1) is 0 Å². The molecule has 0 spiro atoms. The van der Waals surface area contributed by atoms with Gasteiger partial charge in [0, 0.05) is 18.0 Å². The number of aromatic nitrogens is 1. The summed E-state index contributed by atoms with van der Waals surface area (Å²) in [4.78, 5) is 4.43. The van der Waals surface area contributed by atoms with Crippen molar-refractivity contribution in [2.45, 2.75) is 11.3 Å². The quantitative estimate of drug-likeness (QED) is 0.777. The maximum absolute atomic E-state index is 12.1. The normalized spacial score (nSPS) is 11.9. The van der Waals surface area contributed by atoms with Crippen molar-refractivity contribution in [1.82, 2.24) is 9.71 Å². The molecule has 5 nitrogen and oxygen atoms in total. The molecule has 0 bridgehead atoms. The third-order valence-electron chi connectivity index (χ3n) is 3.08. The molecule has 0 aliphatic carbocycles. The summed E-state index contributed by atoms with van der Waals surface area (Å²) < 4.78 is 32.3. The topological polar surface area (TPSA) is 72.2 Å². The van der Waals surface area contributed by atoms with E-state index in [0.29, 0.717) is 22.9 Å². The number of rotatable bonds is 5. The van der Waals surface area contributed by atoms with Gasteiger partial charge in [-0.3, -0.25) is 0 Å². The number of oxazole rings is 1. The van der Waals surface area contributed by atoms with Crippen LogP contribution in [-0.4, -0.2) is 19.9 Å². The van der Waals surface area contributed by atoms with Crippen molar-refractivity contribution >= 4 is 32.7 Å². The predicted octanol–water partition coefficient (Wildman–Crippen LogP) is 3.00. The van der Waals surface area contributed by atoms with Gasteiger partial charge in [0.15, 0.2) is 11.5 Å². The molecular weight excluding hydrogens is 324 g/mol. The summed E-state index contributed by atoms with van der Waals surface area (Å²) in [5, 5.41) is 0.377. The van der Waals surface area contributed by atoms with Crippen molar-refractivity contribution in [3.63, 3.8) is 0 Å². The second kappa shape index (κ2) is 6.08. The minimum absolute atomic E-state index is 0.137. The highest BCUT2D eigenvalue weighted by atomic mass is 35.5. The lowest BCUT2D eigenvalue weighted by molar-refractivity contribution is 0.523. The van der Waals surface area contributed by atoms with E-state index in [-0.39, 0.29) is 11.4 Å². The minimum Gasteiger partial charge on any atom is -0.441 e. The zero-order valence-electron chi connectivity index (χ0n) is 11.5. The van der Waals surface area contributed by atoms with Crippen molar-refractivity contribution < 1.29 is 12.8 Å². The van der Waals surface area contributed by atoms with Crippen molar-refractivity contribution in [1.29, 1.82) is 0 Å². The maximum Gasteiger partial charge on any atom is 0.240 e. The van der Waals surface area contributed by atoms with Crippen LogP contribution in [0.5, 0.6) is 0 Å². The van der Waals surface area contributed by atoms with Crippen molar-refractivity contribution in [3.05, 3.63) is 59.4 Å². The number of benzene rings is 2. The van der Waals surface area contributed by atoms with E-state index >= 15 is 0 Å². The fourth-order valence-corrected chi connectivity index (χ4v) is 3.37. The number of hydrogen-bond donors (Lipinski definition) is 1. The Morgan fingerprint density at radius 2 is 1.95 bits per heavy atom. The lowest BCUT2D eigenvalue weighted by Crippen LogP contribution is -2.26. The number of nitrogens with zero attached hydrogens (tertiary/aromatic N) is 1. The minimum atomic E-state index is -3.59. The fraction of sp³-hybridized carbons (Fsp3) is 0.133. The molecule has 1 aromatic heterocycles. The van der Waals surface area contributed by atoms with E-state index in [4.69, 9.17) is 16.0 Å². The van der Waals surface area contributed by atoms with Crippen LogP contribution in [0.25, 0.3) is 11.1 Å². The Labute approximate surface area is 133 Å². The summed E-state index contributed by atoms with van der Waals surface area (Å²) in [6, 6.07) is 13.5. The molecule has 2 aromatic carbocycles. The van der Waals surface area contributed by atoms with E-state index in [9.17, 15) is 8.42 Å². The second-order valence-electron chi connectivity index (χ2n) is 4.68. The molecule has 1 heterocycles. The average molecular weight is 337 g/mol. The molecular formula is C15H13ClN2O3S. The molecule has 0 amide bonds. The highest BCUT2D eigenvalue weighted by Crippen LogP contribution is 2.16. The molecule has 0 saturated heterocycles. The van der Waals surface area contributed by atoms with Gasteiger partial charge in [0.05, 0.1) is 4.90 Å². The molecule has 0 aliphatic rings. The summed E-state index contributed by atoms with van der Waals surface area (Å²) in [5.41, 5.74) is 1.45. The molecule has 0 radical (unpaired) electrons. The van der Waals surface area contributed by atoms with Gasteiger partial charge in [0.1, 0.15) is 5.52 Å². The predicted molar refractivity (Wildman–Crippen MR) is 84.4 cm³/mol. The lowest BCUT2D eigenvalue weighted by Gasteiger charge is -2.05. The second-order valence-corrected chi connectivity index (χ2v) is 6.88. The highest BCUT2D eigenvalue weighted by Gasteiger charge is 2.14. The number of fused-ring (bicyclic) bond motifs is 1. The molecule has 0 atom stereocenters. The van der Waals surface area contributed by atoms with Crippen LogP contribution in [0.3, 0.4) is 0 Å². The van der Waals surface area contributed by atoms with Gasteiger partial charge in [0.25, 0.3) is 0 Å². The van der Waals surface area contributed by atoms with Crippen LogP contribution in [0, 0.1) is 0 Å². The molecule has 7 heteroatoms. The van der Waals surface area contributed by atoms with E-state index < -0.39 is 10.0 Å². The first-order chi connectivity index (χ1) is 10.5. The van der Waals surface area contributed by atoms with Gasteiger partial charge in [0.2, 0.25) is 10.0 Å². The average Bonchev–Trinajstić information content (AvgIpc) is 2.89. The van der Waals surface area contributed by atoms with Crippen LogP contribution in [-0.2, 0) is 16.4 Å². The Morgan fingerprint density at radius 1 is 1.14 bits per heavy atom. The SMILES string of the molecule is O=S(=O)(NCCc1nc2ccccc2o1)c1cccc(Cl)c1. The molecule has 22 heavy (non-hydrogen) atoms. The first-order valence-corrected chi connectivity index (χ1v) is 8.50. The van der Waals surface area contributed by atoms with E-state index in [2.05, 4.69) is 9.71 Å². The van der Waals surface area contributed by atoms with Crippen molar-refractivity contribution in [2.75, 3.05) is 6.54 Å².